The monoisotopic (exact) mass is 354 g/mol. The van der Waals surface area contributed by atoms with E-state index in [4.69, 9.17) is 4.74 Å². The Hall–Kier alpha value is -3.48. The summed E-state index contributed by atoms with van der Waals surface area (Å²) in [5, 5.41) is 13.7. The lowest BCUT2D eigenvalue weighted by molar-refractivity contribution is -0.385. The van der Waals surface area contributed by atoms with E-state index in [2.05, 4.69) is 5.32 Å². The molecule has 2 rings (SSSR count). The summed E-state index contributed by atoms with van der Waals surface area (Å²) in [5.41, 5.74) is 1.33. The highest BCUT2D eigenvalue weighted by Gasteiger charge is 2.14. The number of rotatable bonds is 7. The normalized spacial score (nSPS) is 10.5. The fourth-order valence-electron chi connectivity index (χ4n) is 2.16. The molecule has 2 aromatic carbocycles. The number of ether oxygens (including phenoxy) is 1. The number of carbonyl (C=O) groups excluding carboxylic acids is 2. The lowest BCUT2D eigenvalue weighted by atomic mass is 10.1. The van der Waals surface area contributed by atoms with Crippen LogP contribution in [0.5, 0.6) is 0 Å². The second-order valence-corrected chi connectivity index (χ2v) is 5.43. The molecular formula is C19H18N2O5. The molecule has 0 unspecified atom stereocenters. The van der Waals surface area contributed by atoms with Gasteiger partial charge in [0, 0.05) is 18.2 Å². The maximum Gasteiger partial charge on any atom is 0.407 e. The summed E-state index contributed by atoms with van der Waals surface area (Å²) in [7, 11) is 0. The number of Topliss-reactive ketones (excluding diaryl/α,β-unsaturated/α-hetero) is 1. The molecule has 0 saturated heterocycles. The molecule has 0 fully saturated rings. The molecule has 0 aliphatic carbocycles. The van der Waals surface area contributed by atoms with Gasteiger partial charge in [-0.25, -0.2) is 4.79 Å². The molecule has 0 aromatic heterocycles. The molecule has 1 amide bonds. The van der Waals surface area contributed by atoms with Crippen LogP contribution in [-0.4, -0.2) is 23.3 Å². The van der Waals surface area contributed by atoms with Gasteiger partial charge in [0.05, 0.1) is 10.5 Å². The summed E-state index contributed by atoms with van der Waals surface area (Å²) >= 11 is 0. The Morgan fingerprint density at radius 3 is 2.58 bits per heavy atom. The number of nitro groups is 1. The first-order chi connectivity index (χ1) is 12.5. The average molecular weight is 354 g/mol. The van der Waals surface area contributed by atoms with Gasteiger partial charge in [0.25, 0.3) is 5.69 Å². The third-order valence-electron chi connectivity index (χ3n) is 3.51. The zero-order valence-corrected chi connectivity index (χ0v) is 14.2. The first kappa shape index (κ1) is 18.9. The topological polar surface area (TPSA) is 98.5 Å². The molecule has 0 bridgehead atoms. The Labute approximate surface area is 150 Å². The number of hydrogen-bond donors (Lipinski definition) is 1. The summed E-state index contributed by atoms with van der Waals surface area (Å²) in [6.45, 7) is 1.66. The number of nitro benzene ring substituents is 1. The summed E-state index contributed by atoms with van der Waals surface area (Å²) in [4.78, 5) is 33.5. The van der Waals surface area contributed by atoms with Crippen molar-refractivity contribution in [2.24, 2.45) is 0 Å². The third kappa shape index (κ3) is 5.55. The predicted octanol–water partition coefficient (Wildman–Crippen LogP) is 3.74. The van der Waals surface area contributed by atoms with Crippen molar-refractivity contribution in [1.29, 1.82) is 0 Å². The molecule has 7 nitrogen and oxygen atoms in total. The largest absolute Gasteiger partial charge is 0.445 e. The fraction of sp³-hybridized carbons (Fsp3) is 0.158. The summed E-state index contributed by atoms with van der Waals surface area (Å²) < 4.78 is 5.05. The van der Waals surface area contributed by atoms with Crippen LogP contribution in [0.15, 0.2) is 54.6 Å². The van der Waals surface area contributed by atoms with Crippen LogP contribution < -0.4 is 5.32 Å². The molecule has 0 radical (unpaired) electrons. The zero-order valence-electron chi connectivity index (χ0n) is 14.2. The van der Waals surface area contributed by atoms with Gasteiger partial charge in [0.2, 0.25) is 0 Å². The van der Waals surface area contributed by atoms with Crippen molar-refractivity contribution in [2.45, 2.75) is 13.5 Å². The van der Waals surface area contributed by atoms with E-state index in [0.717, 1.165) is 5.56 Å². The molecule has 7 heteroatoms. The van der Waals surface area contributed by atoms with E-state index in [-0.39, 0.29) is 30.2 Å². The van der Waals surface area contributed by atoms with Gasteiger partial charge in [-0.15, -0.1) is 0 Å². The van der Waals surface area contributed by atoms with Crippen molar-refractivity contribution in [1.82, 2.24) is 5.32 Å². The van der Waals surface area contributed by atoms with Gasteiger partial charge in [0.15, 0.2) is 5.78 Å². The molecule has 134 valence electrons. The smallest absolute Gasteiger partial charge is 0.407 e. The van der Waals surface area contributed by atoms with E-state index >= 15 is 0 Å². The highest BCUT2D eigenvalue weighted by Crippen LogP contribution is 2.22. The van der Waals surface area contributed by atoms with Gasteiger partial charge in [0.1, 0.15) is 6.61 Å². The number of hydrogen-bond acceptors (Lipinski definition) is 5. The van der Waals surface area contributed by atoms with Crippen LogP contribution in [0.3, 0.4) is 0 Å². The molecule has 0 aliphatic rings. The van der Waals surface area contributed by atoms with E-state index in [0.29, 0.717) is 5.56 Å². The lowest BCUT2D eigenvalue weighted by Gasteiger charge is -2.05. The van der Waals surface area contributed by atoms with Gasteiger partial charge in [-0.3, -0.25) is 14.9 Å². The Morgan fingerprint density at radius 2 is 1.92 bits per heavy atom. The summed E-state index contributed by atoms with van der Waals surface area (Å²) in [6, 6.07) is 13.5. The number of nitrogens with zero attached hydrogens (tertiary/aromatic N) is 1. The number of ketones is 1. The summed E-state index contributed by atoms with van der Waals surface area (Å²) in [5.74, 6) is -0.244. The standard InChI is InChI=1S/C19H18N2O5/c1-14(22)17-10-9-16(18(12-17)21(24)25)8-5-11-20-19(23)26-13-15-6-3-2-4-7-15/h2-10,12H,11,13H2,1H3,(H,20,23). The second kappa shape index (κ2) is 9.12. The highest BCUT2D eigenvalue weighted by atomic mass is 16.6. The molecule has 0 aliphatic heterocycles. The quantitative estimate of drug-likeness (QED) is 0.464. The average Bonchev–Trinajstić information content (AvgIpc) is 2.64. The molecular weight excluding hydrogens is 336 g/mol. The second-order valence-electron chi connectivity index (χ2n) is 5.43. The molecule has 0 atom stereocenters. The van der Waals surface area contributed by atoms with Crippen LogP contribution >= 0.6 is 0 Å². The molecule has 0 saturated carbocycles. The predicted molar refractivity (Wildman–Crippen MR) is 96.8 cm³/mol. The van der Waals surface area contributed by atoms with E-state index in [1.807, 2.05) is 30.3 Å². The number of amides is 1. The molecule has 1 N–H and O–H groups in total. The van der Waals surface area contributed by atoms with E-state index in [1.54, 1.807) is 6.08 Å². The number of alkyl carbamates (subject to hydrolysis) is 1. The first-order valence-electron chi connectivity index (χ1n) is 7.88. The first-order valence-corrected chi connectivity index (χ1v) is 7.88. The SMILES string of the molecule is CC(=O)c1ccc(C=CCNC(=O)OCc2ccccc2)c([N+](=O)[O-])c1. The Kier molecular flexibility index (Phi) is 6.61. The molecule has 0 spiro atoms. The Morgan fingerprint density at radius 1 is 1.19 bits per heavy atom. The minimum atomic E-state index is -0.583. The van der Waals surface area contributed by atoms with E-state index in [9.17, 15) is 19.7 Å². The van der Waals surface area contributed by atoms with Crippen molar-refractivity contribution >= 4 is 23.6 Å². The van der Waals surface area contributed by atoms with Crippen LogP contribution in [0.25, 0.3) is 6.08 Å². The van der Waals surface area contributed by atoms with Crippen molar-refractivity contribution in [3.05, 3.63) is 81.4 Å². The third-order valence-corrected chi connectivity index (χ3v) is 3.51. The maximum atomic E-state index is 11.6. The Balaban J connectivity index is 1.89. The van der Waals surface area contributed by atoms with Crippen molar-refractivity contribution < 1.29 is 19.2 Å². The molecule has 0 heterocycles. The van der Waals surface area contributed by atoms with E-state index in [1.165, 1.54) is 31.2 Å². The Bertz CT molecular complexity index is 831. The molecule has 2 aromatic rings. The van der Waals surface area contributed by atoms with Crippen LogP contribution in [-0.2, 0) is 11.3 Å². The van der Waals surface area contributed by atoms with Gasteiger partial charge in [-0.05, 0) is 18.6 Å². The van der Waals surface area contributed by atoms with Gasteiger partial charge < -0.3 is 10.1 Å². The lowest BCUT2D eigenvalue weighted by Crippen LogP contribution is -2.24. The maximum absolute atomic E-state index is 11.6. The van der Waals surface area contributed by atoms with Crippen LogP contribution in [0.4, 0.5) is 10.5 Å². The number of carbonyl (C=O) groups is 2. The summed E-state index contributed by atoms with van der Waals surface area (Å²) in [6.07, 6.45) is 2.50. The van der Waals surface area contributed by atoms with Crippen molar-refractivity contribution in [3.8, 4) is 0 Å². The van der Waals surface area contributed by atoms with Crippen molar-refractivity contribution in [2.75, 3.05) is 6.54 Å². The molecule has 26 heavy (non-hydrogen) atoms. The number of benzene rings is 2. The highest BCUT2D eigenvalue weighted by molar-refractivity contribution is 5.95. The van der Waals surface area contributed by atoms with E-state index < -0.39 is 11.0 Å². The van der Waals surface area contributed by atoms with Crippen LogP contribution in [0.1, 0.15) is 28.4 Å². The number of nitrogens with one attached hydrogen (secondary N) is 1. The van der Waals surface area contributed by atoms with Crippen LogP contribution in [0.2, 0.25) is 0 Å². The van der Waals surface area contributed by atoms with Crippen molar-refractivity contribution in [3.63, 3.8) is 0 Å². The minimum absolute atomic E-state index is 0.152. The van der Waals surface area contributed by atoms with Gasteiger partial charge in [-0.2, -0.15) is 0 Å². The zero-order chi connectivity index (χ0) is 18.9. The fourth-order valence-corrected chi connectivity index (χ4v) is 2.16. The van der Waals surface area contributed by atoms with Gasteiger partial charge >= 0.3 is 6.09 Å². The minimum Gasteiger partial charge on any atom is -0.445 e. The van der Waals surface area contributed by atoms with Gasteiger partial charge in [-0.1, -0.05) is 48.6 Å². The van der Waals surface area contributed by atoms with Crippen LogP contribution in [0, 0.1) is 10.1 Å².